The number of carbonyl (C=O) groups excluding carboxylic acids is 1. The van der Waals surface area contributed by atoms with Gasteiger partial charge in [0.05, 0.1) is 24.6 Å². The number of amides is 1. The van der Waals surface area contributed by atoms with Crippen LogP contribution in [0, 0.1) is 6.92 Å². The number of hydrogen-bond acceptors (Lipinski definition) is 8. The Bertz CT molecular complexity index is 959. The second kappa shape index (κ2) is 7.26. The van der Waals surface area contributed by atoms with Crippen molar-refractivity contribution in [2.24, 2.45) is 0 Å². The van der Waals surface area contributed by atoms with E-state index in [2.05, 4.69) is 30.6 Å². The second-order valence-electron chi connectivity index (χ2n) is 7.57. The molecular weight excluding hydrogens is 401 g/mol. The van der Waals surface area contributed by atoms with E-state index in [4.69, 9.17) is 0 Å². The van der Waals surface area contributed by atoms with Crippen molar-refractivity contribution in [2.45, 2.75) is 38.0 Å². The SMILES string of the molecule is Cc1nc(NC2CC(N(C)c3cnc(C(F)(F)F)cn3)C2)nc2c1NC(=O)CN2C. The van der Waals surface area contributed by atoms with Crippen molar-refractivity contribution in [3.63, 3.8) is 0 Å². The topological polar surface area (TPSA) is 99.2 Å². The summed E-state index contributed by atoms with van der Waals surface area (Å²) in [7, 11) is 3.59. The molecule has 2 aromatic heterocycles. The molecule has 160 valence electrons. The zero-order valence-electron chi connectivity index (χ0n) is 16.7. The van der Waals surface area contributed by atoms with Gasteiger partial charge in [0, 0.05) is 26.2 Å². The Morgan fingerprint density at radius 1 is 1.23 bits per heavy atom. The third kappa shape index (κ3) is 3.81. The number of nitrogens with one attached hydrogen (secondary N) is 2. The van der Waals surface area contributed by atoms with E-state index in [9.17, 15) is 18.0 Å². The molecule has 1 amide bonds. The maximum atomic E-state index is 12.6. The third-order valence-corrected chi connectivity index (χ3v) is 5.36. The fraction of sp³-hybridized carbons (Fsp3) is 0.500. The van der Waals surface area contributed by atoms with E-state index < -0.39 is 11.9 Å². The smallest absolute Gasteiger partial charge is 0.355 e. The van der Waals surface area contributed by atoms with Crippen molar-refractivity contribution >= 4 is 29.2 Å². The van der Waals surface area contributed by atoms with Crippen LogP contribution in [0.1, 0.15) is 24.2 Å². The van der Waals surface area contributed by atoms with Gasteiger partial charge in [-0.25, -0.2) is 15.0 Å². The molecule has 3 heterocycles. The van der Waals surface area contributed by atoms with Gasteiger partial charge in [0.2, 0.25) is 11.9 Å². The molecule has 1 saturated carbocycles. The van der Waals surface area contributed by atoms with Gasteiger partial charge in [-0.05, 0) is 19.8 Å². The van der Waals surface area contributed by atoms with Crippen LogP contribution in [0.2, 0.25) is 0 Å². The van der Waals surface area contributed by atoms with Crippen LogP contribution in [0.5, 0.6) is 0 Å². The van der Waals surface area contributed by atoms with Crippen molar-refractivity contribution < 1.29 is 18.0 Å². The molecule has 1 aliphatic carbocycles. The van der Waals surface area contributed by atoms with Gasteiger partial charge in [-0.1, -0.05) is 0 Å². The Balaban J connectivity index is 1.38. The zero-order chi connectivity index (χ0) is 21.6. The van der Waals surface area contributed by atoms with E-state index in [1.54, 1.807) is 19.0 Å². The van der Waals surface area contributed by atoms with Crippen LogP contribution in [-0.2, 0) is 11.0 Å². The van der Waals surface area contributed by atoms with E-state index in [0.717, 1.165) is 25.2 Å². The number of aryl methyl sites for hydroxylation is 1. The Kier molecular flexibility index (Phi) is 4.86. The molecule has 30 heavy (non-hydrogen) atoms. The van der Waals surface area contributed by atoms with E-state index in [0.29, 0.717) is 29.0 Å². The first-order valence-electron chi connectivity index (χ1n) is 9.40. The molecule has 9 nitrogen and oxygen atoms in total. The normalized spacial score (nSPS) is 20.9. The van der Waals surface area contributed by atoms with Crippen LogP contribution in [-0.4, -0.2) is 58.6 Å². The number of halogens is 3. The molecule has 0 unspecified atom stereocenters. The van der Waals surface area contributed by atoms with Crippen molar-refractivity contribution in [1.82, 2.24) is 19.9 Å². The molecule has 0 radical (unpaired) electrons. The average molecular weight is 422 g/mol. The summed E-state index contributed by atoms with van der Waals surface area (Å²) in [4.78, 5) is 31.6. The number of rotatable bonds is 4. The summed E-state index contributed by atoms with van der Waals surface area (Å²) in [6.45, 7) is 2.04. The minimum Gasteiger partial charge on any atom is -0.355 e. The molecule has 0 spiro atoms. The lowest BCUT2D eigenvalue weighted by Crippen LogP contribution is -2.49. The summed E-state index contributed by atoms with van der Waals surface area (Å²) >= 11 is 0. The predicted molar refractivity (Wildman–Crippen MR) is 105 cm³/mol. The van der Waals surface area contributed by atoms with Gasteiger partial charge in [-0.2, -0.15) is 18.2 Å². The first-order valence-corrected chi connectivity index (χ1v) is 9.40. The average Bonchev–Trinajstić information content (AvgIpc) is 2.64. The van der Waals surface area contributed by atoms with Gasteiger partial charge in [-0.15, -0.1) is 0 Å². The van der Waals surface area contributed by atoms with Crippen molar-refractivity contribution in [2.75, 3.05) is 41.1 Å². The molecule has 2 aliphatic rings. The number of likely N-dealkylation sites (N-methyl/N-ethyl adjacent to an activating group) is 1. The number of alkyl halides is 3. The molecule has 4 rings (SSSR count). The molecule has 2 N–H and O–H groups in total. The van der Waals surface area contributed by atoms with Gasteiger partial charge in [0.25, 0.3) is 0 Å². The van der Waals surface area contributed by atoms with Crippen LogP contribution in [0.3, 0.4) is 0 Å². The summed E-state index contributed by atoms with van der Waals surface area (Å²) < 4.78 is 37.9. The predicted octanol–water partition coefficient (Wildman–Crippen LogP) is 2.06. The van der Waals surface area contributed by atoms with Gasteiger partial charge in [-0.3, -0.25) is 4.79 Å². The van der Waals surface area contributed by atoms with Crippen molar-refractivity contribution in [1.29, 1.82) is 0 Å². The van der Waals surface area contributed by atoms with Crippen LogP contribution in [0.4, 0.5) is 36.4 Å². The lowest BCUT2D eigenvalue weighted by Gasteiger charge is -2.42. The van der Waals surface area contributed by atoms with Crippen molar-refractivity contribution in [3.8, 4) is 0 Å². The maximum Gasteiger partial charge on any atom is 0.434 e. The van der Waals surface area contributed by atoms with E-state index in [1.165, 1.54) is 0 Å². The minimum atomic E-state index is -4.50. The highest BCUT2D eigenvalue weighted by Crippen LogP contribution is 2.33. The molecule has 12 heteroatoms. The molecular formula is C18H21F3N8O. The minimum absolute atomic E-state index is 0.103. The van der Waals surface area contributed by atoms with Crippen LogP contribution in [0.25, 0.3) is 0 Å². The highest BCUT2D eigenvalue weighted by molar-refractivity contribution is 6.00. The Morgan fingerprint density at radius 3 is 2.60 bits per heavy atom. The fourth-order valence-corrected chi connectivity index (χ4v) is 3.56. The first-order chi connectivity index (χ1) is 14.1. The number of hydrogen-bond donors (Lipinski definition) is 2. The van der Waals surface area contributed by atoms with E-state index in [1.807, 2.05) is 11.8 Å². The molecule has 0 bridgehead atoms. The van der Waals surface area contributed by atoms with Crippen molar-refractivity contribution in [3.05, 3.63) is 23.8 Å². The van der Waals surface area contributed by atoms with Crippen LogP contribution >= 0.6 is 0 Å². The van der Waals surface area contributed by atoms with E-state index in [-0.39, 0.29) is 24.5 Å². The molecule has 1 aliphatic heterocycles. The monoisotopic (exact) mass is 422 g/mol. The molecule has 2 aromatic rings. The Morgan fingerprint density at radius 2 is 1.97 bits per heavy atom. The highest BCUT2D eigenvalue weighted by atomic mass is 19.4. The lowest BCUT2D eigenvalue weighted by molar-refractivity contribution is -0.141. The molecule has 1 fully saturated rings. The molecule has 0 aromatic carbocycles. The van der Waals surface area contributed by atoms with Gasteiger partial charge < -0.3 is 20.4 Å². The second-order valence-corrected chi connectivity index (χ2v) is 7.57. The largest absolute Gasteiger partial charge is 0.434 e. The van der Waals surface area contributed by atoms with Crippen LogP contribution < -0.4 is 20.4 Å². The standard InChI is InChI=1S/C18H21F3N8O/c1-9-15-16(28(2)8-14(30)26-15)27-17(24-9)25-10-4-11(5-10)29(3)13-7-22-12(6-23-13)18(19,20)21/h6-7,10-11H,4-5,8H2,1-3H3,(H,26,30)(H,24,25,27). The number of carbonyl (C=O) groups is 1. The van der Waals surface area contributed by atoms with E-state index >= 15 is 0 Å². The number of anilines is 4. The Hall–Kier alpha value is -3.18. The molecule has 0 saturated heterocycles. The summed E-state index contributed by atoms with van der Waals surface area (Å²) in [6, 6.07) is 0.245. The summed E-state index contributed by atoms with van der Waals surface area (Å²) in [5.41, 5.74) is 0.288. The highest BCUT2D eigenvalue weighted by Gasteiger charge is 2.36. The summed E-state index contributed by atoms with van der Waals surface area (Å²) in [6.07, 6.45) is -1.10. The third-order valence-electron chi connectivity index (χ3n) is 5.36. The summed E-state index contributed by atoms with van der Waals surface area (Å²) in [5.74, 6) is 1.44. The quantitative estimate of drug-likeness (QED) is 0.773. The molecule has 0 atom stereocenters. The number of aromatic nitrogens is 4. The summed E-state index contributed by atoms with van der Waals surface area (Å²) in [5, 5.41) is 6.09. The number of fused-ring (bicyclic) bond motifs is 1. The maximum absolute atomic E-state index is 12.6. The first kappa shape index (κ1) is 20.1. The van der Waals surface area contributed by atoms with Gasteiger partial charge in [0.15, 0.2) is 11.5 Å². The number of nitrogens with zero attached hydrogens (tertiary/aromatic N) is 6. The lowest BCUT2D eigenvalue weighted by atomic mass is 9.86. The van der Waals surface area contributed by atoms with Gasteiger partial charge >= 0.3 is 6.18 Å². The Labute approximate surface area is 170 Å². The van der Waals surface area contributed by atoms with Gasteiger partial charge in [0.1, 0.15) is 11.5 Å². The fourth-order valence-electron chi connectivity index (χ4n) is 3.56. The zero-order valence-corrected chi connectivity index (χ0v) is 16.7. The van der Waals surface area contributed by atoms with Crippen LogP contribution in [0.15, 0.2) is 12.4 Å².